The van der Waals surface area contributed by atoms with Gasteiger partial charge in [-0.15, -0.1) is 0 Å². The second kappa shape index (κ2) is 6.22. The van der Waals surface area contributed by atoms with Gasteiger partial charge < -0.3 is 4.74 Å². The SMILES string of the molecule is O=C(Oc1ccc(C(F)(F)F)cc1[N+](=O)[O-])c1c(F)cccc1F. The number of nitro benzene ring substituents is 1. The molecule has 0 aromatic heterocycles. The van der Waals surface area contributed by atoms with E-state index in [9.17, 15) is 36.9 Å². The van der Waals surface area contributed by atoms with Crippen LogP contribution in [0.2, 0.25) is 0 Å². The van der Waals surface area contributed by atoms with Gasteiger partial charge in [0.15, 0.2) is 0 Å². The van der Waals surface area contributed by atoms with Crippen molar-refractivity contribution >= 4 is 11.7 Å². The van der Waals surface area contributed by atoms with Crippen LogP contribution in [0.25, 0.3) is 0 Å². The monoisotopic (exact) mass is 347 g/mol. The molecule has 0 aliphatic heterocycles. The second-order valence-corrected chi connectivity index (χ2v) is 4.42. The summed E-state index contributed by atoms with van der Waals surface area (Å²) in [5.74, 6) is -5.06. The maximum Gasteiger partial charge on any atom is 0.416 e. The van der Waals surface area contributed by atoms with Crippen LogP contribution in [-0.2, 0) is 6.18 Å². The minimum atomic E-state index is -4.86. The molecule has 0 amide bonds. The number of rotatable bonds is 3. The lowest BCUT2D eigenvalue weighted by Crippen LogP contribution is -2.14. The molecule has 0 aliphatic carbocycles. The smallest absolute Gasteiger partial charge is 0.415 e. The first-order chi connectivity index (χ1) is 11.1. The van der Waals surface area contributed by atoms with Gasteiger partial charge in [0, 0.05) is 6.07 Å². The number of benzene rings is 2. The van der Waals surface area contributed by atoms with E-state index in [2.05, 4.69) is 4.74 Å². The van der Waals surface area contributed by atoms with Gasteiger partial charge in [0.05, 0.1) is 10.5 Å². The Morgan fingerprint density at radius 3 is 2.17 bits per heavy atom. The van der Waals surface area contributed by atoms with Crippen LogP contribution in [0.4, 0.5) is 27.6 Å². The van der Waals surface area contributed by atoms with Crippen LogP contribution in [0.15, 0.2) is 36.4 Å². The van der Waals surface area contributed by atoms with Crippen molar-refractivity contribution in [2.75, 3.05) is 0 Å². The largest absolute Gasteiger partial charge is 0.416 e. The van der Waals surface area contributed by atoms with Crippen molar-refractivity contribution in [3.05, 3.63) is 69.3 Å². The van der Waals surface area contributed by atoms with E-state index in [0.29, 0.717) is 12.1 Å². The Morgan fingerprint density at radius 1 is 1.08 bits per heavy atom. The highest BCUT2D eigenvalue weighted by Gasteiger charge is 2.34. The van der Waals surface area contributed by atoms with E-state index < -0.39 is 51.3 Å². The highest BCUT2D eigenvalue weighted by molar-refractivity contribution is 5.92. The number of halogens is 5. The summed E-state index contributed by atoms with van der Waals surface area (Å²) in [5.41, 5.74) is -3.63. The lowest BCUT2D eigenvalue weighted by Gasteiger charge is -2.09. The van der Waals surface area contributed by atoms with Gasteiger partial charge in [0.25, 0.3) is 0 Å². The molecule has 0 bridgehead atoms. The first-order valence-corrected chi connectivity index (χ1v) is 6.13. The fraction of sp³-hybridized carbons (Fsp3) is 0.0714. The predicted octanol–water partition coefficient (Wildman–Crippen LogP) is 4.11. The molecule has 0 spiro atoms. The molecule has 0 unspecified atom stereocenters. The number of carbonyl (C=O) groups excluding carboxylic acids is 1. The number of nitro groups is 1. The lowest BCUT2D eigenvalue weighted by molar-refractivity contribution is -0.385. The number of nitrogens with zero attached hydrogens (tertiary/aromatic N) is 1. The van der Waals surface area contributed by atoms with E-state index in [0.717, 1.165) is 18.2 Å². The van der Waals surface area contributed by atoms with Crippen molar-refractivity contribution in [2.24, 2.45) is 0 Å². The van der Waals surface area contributed by atoms with Gasteiger partial charge in [-0.05, 0) is 24.3 Å². The van der Waals surface area contributed by atoms with E-state index in [1.165, 1.54) is 0 Å². The average molecular weight is 347 g/mol. The summed E-state index contributed by atoms with van der Waals surface area (Å²) < 4.78 is 69.1. The Kier molecular flexibility index (Phi) is 4.49. The fourth-order valence-corrected chi connectivity index (χ4v) is 1.77. The van der Waals surface area contributed by atoms with Crippen LogP contribution in [-0.4, -0.2) is 10.9 Å². The quantitative estimate of drug-likeness (QED) is 0.275. The minimum Gasteiger partial charge on any atom is -0.415 e. The molecule has 5 nitrogen and oxygen atoms in total. The van der Waals surface area contributed by atoms with Gasteiger partial charge in [-0.1, -0.05) is 6.07 Å². The van der Waals surface area contributed by atoms with Gasteiger partial charge in [0.2, 0.25) is 5.75 Å². The van der Waals surface area contributed by atoms with Gasteiger partial charge in [-0.25, -0.2) is 13.6 Å². The van der Waals surface area contributed by atoms with Gasteiger partial charge in [-0.3, -0.25) is 10.1 Å². The molecule has 126 valence electrons. The van der Waals surface area contributed by atoms with E-state index in [1.54, 1.807) is 0 Å². The zero-order valence-corrected chi connectivity index (χ0v) is 11.4. The minimum absolute atomic E-state index is 0.153. The van der Waals surface area contributed by atoms with Crippen molar-refractivity contribution in [1.29, 1.82) is 0 Å². The van der Waals surface area contributed by atoms with E-state index in [1.807, 2.05) is 0 Å². The maximum atomic E-state index is 13.5. The second-order valence-electron chi connectivity index (χ2n) is 4.42. The molecule has 0 fully saturated rings. The molecular formula is C14H6F5NO4. The van der Waals surface area contributed by atoms with Gasteiger partial charge in [-0.2, -0.15) is 13.2 Å². The maximum absolute atomic E-state index is 13.5. The molecule has 0 radical (unpaired) electrons. The molecule has 0 heterocycles. The Balaban J connectivity index is 2.43. The van der Waals surface area contributed by atoms with Crippen LogP contribution < -0.4 is 4.74 Å². The molecule has 2 rings (SSSR count). The van der Waals surface area contributed by atoms with E-state index >= 15 is 0 Å². The van der Waals surface area contributed by atoms with Crippen LogP contribution in [0.3, 0.4) is 0 Å². The zero-order valence-electron chi connectivity index (χ0n) is 11.4. The van der Waals surface area contributed by atoms with E-state index in [4.69, 9.17) is 0 Å². The van der Waals surface area contributed by atoms with Crippen molar-refractivity contribution in [2.45, 2.75) is 6.18 Å². The Labute approximate surface area is 130 Å². The molecule has 0 atom stereocenters. The molecule has 2 aromatic carbocycles. The third-order valence-electron chi connectivity index (χ3n) is 2.85. The number of hydrogen-bond acceptors (Lipinski definition) is 4. The summed E-state index contributed by atoms with van der Waals surface area (Å²) in [6.07, 6.45) is -4.86. The Bertz CT molecular complexity index is 799. The Hall–Kier alpha value is -3.04. The molecule has 0 aliphatic rings. The summed E-state index contributed by atoms with van der Waals surface area (Å²) in [5, 5.41) is 10.9. The Morgan fingerprint density at radius 2 is 1.67 bits per heavy atom. The molecule has 10 heteroatoms. The molecular weight excluding hydrogens is 341 g/mol. The summed E-state index contributed by atoms with van der Waals surface area (Å²) in [6.45, 7) is 0. The number of alkyl halides is 3. The molecule has 24 heavy (non-hydrogen) atoms. The first-order valence-electron chi connectivity index (χ1n) is 6.13. The fourth-order valence-electron chi connectivity index (χ4n) is 1.77. The average Bonchev–Trinajstić information content (AvgIpc) is 2.46. The summed E-state index contributed by atoms with van der Waals surface area (Å²) in [4.78, 5) is 21.4. The van der Waals surface area contributed by atoms with E-state index in [-0.39, 0.29) is 6.07 Å². The summed E-state index contributed by atoms with van der Waals surface area (Å²) in [6, 6.07) is 3.59. The zero-order chi connectivity index (χ0) is 18.1. The highest BCUT2D eigenvalue weighted by atomic mass is 19.4. The number of carbonyl (C=O) groups is 1. The lowest BCUT2D eigenvalue weighted by atomic mass is 10.1. The molecule has 2 aromatic rings. The number of esters is 1. The topological polar surface area (TPSA) is 69.4 Å². The van der Waals surface area contributed by atoms with Gasteiger partial charge in [0.1, 0.15) is 17.2 Å². The summed E-state index contributed by atoms with van der Waals surface area (Å²) >= 11 is 0. The predicted molar refractivity (Wildman–Crippen MR) is 69.4 cm³/mol. The van der Waals surface area contributed by atoms with Crippen LogP contribution >= 0.6 is 0 Å². The third kappa shape index (κ3) is 3.47. The van der Waals surface area contributed by atoms with Crippen molar-refractivity contribution in [3.8, 4) is 5.75 Å². The van der Waals surface area contributed by atoms with Gasteiger partial charge >= 0.3 is 17.8 Å². The summed E-state index contributed by atoms with van der Waals surface area (Å²) in [7, 11) is 0. The van der Waals surface area contributed by atoms with Crippen LogP contribution in [0.1, 0.15) is 15.9 Å². The number of ether oxygens (including phenoxy) is 1. The highest BCUT2D eigenvalue weighted by Crippen LogP contribution is 2.36. The third-order valence-corrected chi connectivity index (χ3v) is 2.85. The van der Waals surface area contributed by atoms with Crippen molar-refractivity contribution in [1.82, 2.24) is 0 Å². The van der Waals surface area contributed by atoms with Crippen LogP contribution in [0, 0.1) is 21.7 Å². The number of hydrogen-bond donors (Lipinski definition) is 0. The molecule has 0 N–H and O–H groups in total. The van der Waals surface area contributed by atoms with Crippen molar-refractivity contribution < 1.29 is 36.4 Å². The standard InChI is InChI=1S/C14H6F5NO4/c15-8-2-1-3-9(16)12(8)13(21)24-11-5-4-7(14(17,18)19)6-10(11)20(22)23/h1-6H. The first kappa shape index (κ1) is 17.3. The molecule has 0 saturated carbocycles. The normalized spacial score (nSPS) is 11.2. The van der Waals surface area contributed by atoms with Crippen LogP contribution in [0.5, 0.6) is 5.75 Å². The molecule has 0 saturated heterocycles. The van der Waals surface area contributed by atoms with Crippen molar-refractivity contribution in [3.63, 3.8) is 0 Å².